The van der Waals surface area contributed by atoms with E-state index < -0.39 is 8.07 Å². The maximum absolute atomic E-state index is 2.47. The molecule has 4 aromatic carbocycles. The van der Waals surface area contributed by atoms with Gasteiger partial charge < -0.3 is 0 Å². The molecule has 258 valence electrons. The Labute approximate surface area is 300 Å². The van der Waals surface area contributed by atoms with E-state index in [1.165, 1.54) is 55.7 Å². The molecule has 49 heavy (non-hydrogen) atoms. The second kappa shape index (κ2) is 13.0. The van der Waals surface area contributed by atoms with Crippen LogP contribution in [0.3, 0.4) is 0 Å². The predicted molar refractivity (Wildman–Crippen MR) is 221 cm³/mol. The molecule has 0 saturated carbocycles. The van der Waals surface area contributed by atoms with E-state index in [0.29, 0.717) is 0 Å². The van der Waals surface area contributed by atoms with Gasteiger partial charge >= 0.3 is 0 Å². The van der Waals surface area contributed by atoms with Gasteiger partial charge in [0.2, 0.25) is 0 Å². The molecule has 1 heteroatoms. The van der Waals surface area contributed by atoms with Gasteiger partial charge in [-0.05, 0) is 87.7 Å². The molecular weight excluding hydrogens is 605 g/mol. The normalized spacial score (nSPS) is 15.7. The van der Waals surface area contributed by atoms with Crippen LogP contribution in [-0.2, 0) is 21.7 Å². The summed E-state index contributed by atoms with van der Waals surface area (Å²) in [6.07, 6.45) is 0. The van der Waals surface area contributed by atoms with Crippen LogP contribution < -0.4 is 0 Å². The van der Waals surface area contributed by atoms with Crippen molar-refractivity contribution in [3.8, 4) is 0 Å². The maximum atomic E-state index is 2.47. The van der Waals surface area contributed by atoms with E-state index in [1.807, 2.05) is 0 Å². The summed E-state index contributed by atoms with van der Waals surface area (Å²) in [5.74, 6) is 0. The van der Waals surface area contributed by atoms with Gasteiger partial charge in [-0.25, -0.2) is 0 Å². The molecule has 0 nitrogen and oxygen atoms in total. The minimum absolute atomic E-state index is 0.0982. The third-order valence-corrected chi connectivity index (χ3v) is 16.5. The molecule has 0 amide bonds. The van der Waals surface area contributed by atoms with Gasteiger partial charge in [-0.1, -0.05) is 206 Å². The molecule has 4 aromatic rings. The highest BCUT2D eigenvalue weighted by atomic mass is 28.3. The van der Waals surface area contributed by atoms with Crippen molar-refractivity contribution in [2.24, 2.45) is 0 Å². The molecule has 0 unspecified atom stereocenters. The average molecular weight is 667 g/mol. The molecule has 5 rings (SSSR count). The van der Waals surface area contributed by atoms with Gasteiger partial charge in [0, 0.05) is 0 Å². The molecule has 0 radical (unpaired) electrons. The second-order valence-corrected chi connectivity index (χ2v) is 23.2. The molecule has 0 spiro atoms. The van der Waals surface area contributed by atoms with E-state index in [1.54, 1.807) is 10.4 Å². The Morgan fingerprint density at radius 2 is 0.531 bits per heavy atom. The highest BCUT2D eigenvalue weighted by molar-refractivity contribution is 7.14. The molecule has 0 N–H and O–H groups in total. The van der Waals surface area contributed by atoms with Crippen LogP contribution >= 0.6 is 0 Å². The molecule has 0 fully saturated rings. The van der Waals surface area contributed by atoms with Crippen molar-refractivity contribution in [2.75, 3.05) is 0 Å². The lowest BCUT2D eigenvalue weighted by atomic mass is 9.82. The number of hydrogen-bond acceptors (Lipinski definition) is 0. The van der Waals surface area contributed by atoms with Crippen molar-refractivity contribution in [1.29, 1.82) is 0 Å². The van der Waals surface area contributed by atoms with Crippen LogP contribution in [0.25, 0.3) is 21.5 Å². The van der Waals surface area contributed by atoms with E-state index in [2.05, 4.69) is 194 Å². The van der Waals surface area contributed by atoms with Crippen molar-refractivity contribution in [1.82, 2.24) is 0 Å². The van der Waals surface area contributed by atoms with Crippen molar-refractivity contribution in [3.05, 3.63) is 142 Å². The zero-order valence-electron chi connectivity index (χ0n) is 33.2. The predicted octanol–water partition coefficient (Wildman–Crippen LogP) is 14.0. The molecule has 1 heterocycles. The first-order valence-electron chi connectivity index (χ1n) is 18.7. The monoisotopic (exact) mass is 666 g/mol. The molecule has 0 saturated heterocycles. The lowest BCUT2D eigenvalue weighted by molar-refractivity contribution is 0.590. The fourth-order valence-electron chi connectivity index (χ4n) is 7.78. The topological polar surface area (TPSA) is 0 Å². The van der Waals surface area contributed by atoms with E-state index in [9.17, 15) is 0 Å². The molecule has 0 atom stereocenters. The Morgan fingerprint density at radius 1 is 0.327 bits per heavy atom. The standard InChI is InChI=1S/C48H62Si/c1-15-49(16-2)43(35-21-29-39(30-22-35)47(9,10)11)41(33-17-25-37(26-18-33)45(3,4)5)42(34-19-27-38(28-20-34)46(6,7)8)44(49)36-23-31-40(32-24-36)48(12,13)14/h17-32H,15-16H2,1-14H3. The molecule has 1 aliphatic rings. The summed E-state index contributed by atoms with van der Waals surface area (Å²) in [6.45, 7) is 32.7. The number of benzene rings is 4. The number of rotatable bonds is 6. The van der Waals surface area contributed by atoms with Crippen LogP contribution in [0.15, 0.2) is 97.1 Å². The van der Waals surface area contributed by atoms with Crippen LogP contribution in [0.5, 0.6) is 0 Å². The summed E-state index contributed by atoms with van der Waals surface area (Å²) >= 11 is 0. The van der Waals surface area contributed by atoms with Gasteiger partial charge in [-0.2, -0.15) is 0 Å². The van der Waals surface area contributed by atoms with Crippen molar-refractivity contribution >= 4 is 29.6 Å². The highest BCUT2D eigenvalue weighted by Gasteiger charge is 2.48. The second-order valence-electron chi connectivity index (χ2n) is 18.6. The Bertz CT molecular complexity index is 1690. The van der Waals surface area contributed by atoms with Crippen LogP contribution in [0.2, 0.25) is 12.1 Å². The maximum Gasteiger partial charge on any atom is 0.120 e. The molecule has 1 aliphatic heterocycles. The van der Waals surface area contributed by atoms with Crippen molar-refractivity contribution < 1.29 is 0 Å². The quantitative estimate of drug-likeness (QED) is 0.180. The minimum atomic E-state index is -2.28. The third-order valence-electron chi connectivity index (χ3n) is 11.1. The smallest absolute Gasteiger partial charge is 0.0672 e. The Hall–Kier alpha value is -3.42. The van der Waals surface area contributed by atoms with E-state index in [4.69, 9.17) is 0 Å². The first-order chi connectivity index (χ1) is 22.7. The molecule has 0 bridgehead atoms. The fourth-order valence-corrected chi connectivity index (χ4v) is 12.9. The van der Waals surface area contributed by atoms with E-state index >= 15 is 0 Å². The Kier molecular flexibility index (Phi) is 9.80. The van der Waals surface area contributed by atoms with E-state index in [-0.39, 0.29) is 21.7 Å². The van der Waals surface area contributed by atoms with Crippen LogP contribution in [-0.4, -0.2) is 8.07 Å². The summed E-state index contributed by atoms with van der Waals surface area (Å²) in [5, 5.41) is 3.21. The van der Waals surface area contributed by atoms with E-state index in [0.717, 1.165) is 12.1 Å². The van der Waals surface area contributed by atoms with Crippen molar-refractivity contribution in [2.45, 2.75) is 131 Å². The lowest BCUT2D eigenvalue weighted by Gasteiger charge is -2.33. The summed E-state index contributed by atoms with van der Waals surface area (Å²) in [5.41, 5.74) is 14.3. The summed E-state index contributed by atoms with van der Waals surface area (Å²) in [4.78, 5) is 0. The molecule has 0 aliphatic carbocycles. The van der Waals surface area contributed by atoms with Crippen LogP contribution in [0, 0.1) is 0 Å². The summed E-state index contributed by atoms with van der Waals surface area (Å²) < 4.78 is 0. The van der Waals surface area contributed by atoms with Crippen LogP contribution in [0.4, 0.5) is 0 Å². The largest absolute Gasteiger partial charge is 0.120 e. The van der Waals surface area contributed by atoms with Gasteiger partial charge in [-0.15, -0.1) is 0 Å². The zero-order chi connectivity index (χ0) is 36.2. The van der Waals surface area contributed by atoms with Gasteiger partial charge in [0.15, 0.2) is 0 Å². The Morgan fingerprint density at radius 3 is 0.714 bits per heavy atom. The van der Waals surface area contributed by atoms with Crippen LogP contribution in [0.1, 0.15) is 141 Å². The molecular formula is C48H62Si. The minimum Gasteiger partial charge on any atom is -0.0672 e. The van der Waals surface area contributed by atoms with Gasteiger partial charge in [-0.3, -0.25) is 0 Å². The number of allylic oxidation sites excluding steroid dienone is 2. The first-order valence-corrected chi connectivity index (χ1v) is 21.1. The third kappa shape index (κ3) is 7.11. The zero-order valence-corrected chi connectivity index (χ0v) is 34.2. The van der Waals surface area contributed by atoms with Gasteiger partial charge in [0.25, 0.3) is 0 Å². The number of hydrogen-bond donors (Lipinski definition) is 0. The van der Waals surface area contributed by atoms with Gasteiger partial charge in [0.05, 0.1) is 0 Å². The van der Waals surface area contributed by atoms with Gasteiger partial charge in [0.1, 0.15) is 8.07 Å². The summed E-state index contributed by atoms with van der Waals surface area (Å²) in [7, 11) is -2.28. The Balaban J connectivity index is 1.92. The summed E-state index contributed by atoms with van der Waals surface area (Å²) in [6, 6.07) is 40.8. The SMILES string of the molecule is CC[Si]1(CC)C(c2ccc(C(C)(C)C)cc2)=C(c2ccc(C(C)(C)C)cc2)C(c2ccc(C(C)(C)C)cc2)=C1c1ccc(C(C)(C)C)cc1. The average Bonchev–Trinajstić information content (AvgIpc) is 3.35. The highest BCUT2D eigenvalue weighted by Crippen LogP contribution is 2.58. The lowest BCUT2D eigenvalue weighted by Crippen LogP contribution is -2.35. The fraction of sp³-hybridized carbons (Fsp3) is 0.417. The first kappa shape index (κ1) is 36.8. The van der Waals surface area contributed by atoms with Crippen molar-refractivity contribution in [3.63, 3.8) is 0 Å². The molecule has 0 aromatic heterocycles.